The van der Waals surface area contributed by atoms with Crippen LogP contribution in [-0.2, 0) is 6.54 Å². The Balaban J connectivity index is 1.69. The van der Waals surface area contributed by atoms with E-state index in [9.17, 15) is 0 Å². The molecular formula is C15H13N3O. The molecule has 0 saturated carbocycles. The molecule has 0 amide bonds. The highest BCUT2D eigenvalue weighted by atomic mass is 16.4. The lowest BCUT2D eigenvalue weighted by Crippen LogP contribution is -1.98. The minimum Gasteiger partial charge on any atom is -0.424 e. The molecule has 1 N–H and O–H groups in total. The monoisotopic (exact) mass is 251 g/mol. The molecule has 0 aliphatic carbocycles. The Labute approximate surface area is 111 Å². The molecule has 0 atom stereocenters. The van der Waals surface area contributed by atoms with Gasteiger partial charge in [-0.05, 0) is 17.7 Å². The first-order valence-corrected chi connectivity index (χ1v) is 6.06. The topological polar surface area (TPSA) is 51.0 Å². The molecule has 0 spiro atoms. The number of oxazole rings is 1. The molecule has 3 rings (SSSR count). The summed E-state index contributed by atoms with van der Waals surface area (Å²) in [6.07, 6.45) is 5.17. The molecule has 0 unspecified atom stereocenters. The summed E-state index contributed by atoms with van der Waals surface area (Å²) in [7, 11) is 0. The molecule has 0 fully saturated rings. The molecule has 0 saturated heterocycles. The fourth-order valence-electron chi connectivity index (χ4n) is 1.78. The predicted octanol–water partition coefficient (Wildman–Crippen LogP) is 3.35. The van der Waals surface area contributed by atoms with Gasteiger partial charge in [-0.15, -0.1) is 0 Å². The molecule has 0 radical (unpaired) electrons. The highest BCUT2D eigenvalue weighted by molar-refractivity contribution is 5.56. The van der Waals surface area contributed by atoms with Gasteiger partial charge in [0.05, 0.1) is 6.20 Å². The maximum atomic E-state index is 5.64. The maximum Gasteiger partial charge on any atom is 0.295 e. The van der Waals surface area contributed by atoms with E-state index in [1.807, 2.05) is 30.3 Å². The Morgan fingerprint density at radius 2 is 1.79 bits per heavy atom. The summed E-state index contributed by atoms with van der Waals surface area (Å²) in [6, 6.07) is 14.4. The van der Waals surface area contributed by atoms with Gasteiger partial charge in [0.25, 0.3) is 6.01 Å². The van der Waals surface area contributed by atoms with Crippen LogP contribution in [0.4, 0.5) is 6.01 Å². The van der Waals surface area contributed by atoms with Crippen LogP contribution >= 0.6 is 0 Å². The van der Waals surface area contributed by atoms with Gasteiger partial charge in [0.2, 0.25) is 0 Å². The number of hydrogen-bond donors (Lipinski definition) is 1. The van der Waals surface area contributed by atoms with Crippen molar-refractivity contribution in [1.29, 1.82) is 0 Å². The summed E-state index contributed by atoms with van der Waals surface area (Å²) in [5.74, 6) is 0.734. The Morgan fingerprint density at radius 1 is 1.00 bits per heavy atom. The van der Waals surface area contributed by atoms with Crippen molar-refractivity contribution in [1.82, 2.24) is 9.97 Å². The molecule has 94 valence electrons. The third-order valence-electron chi connectivity index (χ3n) is 2.76. The SMILES string of the molecule is c1ccc(CNc2ncc(-c3ccncc3)o2)cc1. The van der Waals surface area contributed by atoms with E-state index < -0.39 is 0 Å². The quantitative estimate of drug-likeness (QED) is 0.772. The number of nitrogens with zero attached hydrogens (tertiary/aromatic N) is 2. The smallest absolute Gasteiger partial charge is 0.295 e. The molecule has 19 heavy (non-hydrogen) atoms. The van der Waals surface area contributed by atoms with Gasteiger partial charge in [-0.25, -0.2) is 4.98 Å². The third-order valence-corrected chi connectivity index (χ3v) is 2.76. The molecular weight excluding hydrogens is 238 g/mol. The Kier molecular flexibility index (Phi) is 3.23. The summed E-state index contributed by atoms with van der Waals surface area (Å²) >= 11 is 0. The van der Waals surface area contributed by atoms with E-state index >= 15 is 0 Å². The molecule has 2 heterocycles. The van der Waals surface area contributed by atoms with Crippen molar-refractivity contribution in [2.24, 2.45) is 0 Å². The van der Waals surface area contributed by atoms with Crippen LogP contribution in [0.1, 0.15) is 5.56 Å². The van der Waals surface area contributed by atoms with Crippen molar-refractivity contribution in [3.05, 3.63) is 66.6 Å². The van der Waals surface area contributed by atoms with Crippen molar-refractivity contribution in [2.75, 3.05) is 5.32 Å². The van der Waals surface area contributed by atoms with Gasteiger partial charge in [-0.1, -0.05) is 30.3 Å². The fourth-order valence-corrected chi connectivity index (χ4v) is 1.78. The van der Waals surface area contributed by atoms with Crippen LogP contribution in [0.2, 0.25) is 0 Å². The van der Waals surface area contributed by atoms with Crippen LogP contribution in [0.5, 0.6) is 0 Å². The summed E-state index contributed by atoms with van der Waals surface area (Å²) in [5, 5.41) is 3.16. The largest absolute Gasteiger partial charge is 0.424 e. The molecule has 0 bridgehead atoms. The zero-order chi connectivity index (χ0) is 12.9. The van der Waals surface area contributed by atoms with E-state index in [0.29, 0.717) is 12.6 Å². The van der Waals surface area contributed by atoms with Crippen LogP contribution in [-0.4, -0.2) is 9.97 Å². The van der Waals surface area contributed by atoms with Crippen molar-refractivity contribution in [3.8, 4) is 11.3 Å². The second kappa shape index (κ2) is 5.35. The van der Waals surface area contributed by atoms with Gasteiger partial charge in [0.1, 0.15) is 0 Å². The van der Waals surface area contributed by atoms with Crippen LogP contribution < -0.4 is 5.32 Å². The number of pyridine rings is 1. The number of hydrogen-bond acceptors (Lipinski definition) is 4. The van der Waals surface area contributed by atoms with Crippen LogP contribution in [0.15, 0.2) is 65.5 Å². The normalized spacial score (nSPS) is 10.3. The van der Waals surface area contributed by atoms with Crippen LogP contribution in [0, 0.1) is 0 Å². The van der Waals surface area contributed by atoms with Crippen molar-refractivity contribution < 1.29 is 4.42 Å². The lowest BCUT2D eigenvalue weighted by Gasteiger charge is -2.01. The molecule has 4 heteroatoms. The summed E-state index contributed by atoms with van der Waals surface area (Å²) < 4.78 is 5.64. The lowest BCUT2D eigenvalue weighted by molar-refractivity contribution is 0.584. The van der Waals surface area contributed by atoms with Crippen molar-refractivity contribution in [2.45, 2.75) is 6.54 Å². The van der Waals surface area contributed by atoms with E-state index in [4.69, 9.17) is 4.42 Å². The first-order valence-electron chi connectivity index (χ1n) is 6.06. The summed E-state index contributed by atoms with van der Waals surface area (Å²) in [4.78, 5) is 8.19. The molecule has 0 aliphatic heterocycles. The minimum atomic E-state index is 0.524. The number of rotatable bonds is 4. The van der Waals surface area contributed by atoms with Crippen molar-refractivity contribution >= 4 is 6.01 Å². The summed E-state index contributed by atoms with van der Waals surface area (Å²) in [6.45, 7) is 0.692. The highest BCUT2D eigenvalue weighted by Gasteiger charge is 2.05. The zero-order valence-corrected chi connectivity index (χ0v) is 10.3. The molecule has 1 aromatic carbocycles. The zero-order valence-electron chi connectivity index (χ0n) is 10.3. The van der Waals surface area contributed by atoms with E-state index in [0.717, 1.165) is 11.3 Å². The number of anilines is 1. The Bertz CT molecular complexity index is 635. The van der Waals surface area contributed by atoms with Crippen LogP contribution in [0.25, 0.3) is 11.3 Å². The predicted molar refractivity (Wildman–Crippen MR) is 73.5 cm³/mol. The molecule has 4 nitrogen and oxygen atoms in total. The van der Waals surface area contributed by atoms with Gasteiger partial charge >= 0.3 is 0 Å². The van der Waals surface area contributed by atoms with Gasteiger partial charge in [-0.3, -0.25) is 4.98 Å². The molecule has 0 aliphatic rings. The second-order valence-electron chi connectivity index (χ2n) is 4.10. The third kappa shape index (κ3) is 2.80. The van der Waals surface area contributed by atoms with Gasteiger partial charge in [0.15, 0.2) is 5.76 Å². The van der Waals surface area contributed by atoms with E-state index in [2.05, 4.69) is 27.4 Å². The second-order valence-corrected chi connectivity index (χ2v) is 4.10. The first kappa shape index (κ1) is 11.5. The summed E-state index contributed by atoms with van der Waals surface area (Å²) in [5.41, 5.74) is 2.15. The standard InChI is InChI=1S/C15H13N3O/c1-2-4-12(5-3-1)10-17-15-18-11-14(19-15)13-6-8-16-9-7-13/h1-9,11H,10H2,(H,17,18). The number of aromatic nitrogens is 2. The number of benzene rings is 1. The molecule has 2 aromatic heterocycles. The van der Waals surface area contributed by atoms with E-state index in [1.165, 1.54) is 5.56 Å². The lowest BCUT2D eigenvalue weighted by atomic mass is 10.2. The minimum absolute atomic E-state index is 0.524. The van der Waals surface area contributed by atoms with Gasteiger partial charge < -0.3 is 9.73 Å². The van der Waals surface area contributed by atoms with E-state index in [1.54, 1.807) is 18.6 Å². The average molecular weight is 251 g/mol. The maximum absolute atomic E-state index is 5.64. The molecule has 3 aromatic rings. The first-order chi connectivity index (χ1) is 9.42. The Hall–Kier alpha value is -2.62. The van der Waals surface area contributed by atoms with Gasteiger partial charge in [-0.2, -0.15) is 0 Å². The Morgan fingerprint density at radius 3 is 2.58 bits per heavy atom. The fraction of sp³-hybridized carbons (Fsp3) is 0.0667. The average Bonchev–Trinajstić information content (AvgIpc) is 2.96. The van der Waals surface area contributed by atoms with Crippen molar-refractivity contribution in [3.63, 3.8) is 0 Å². The number of nitrogens with one attached hydrogen (secondary N) is 1. The van der Waals surface area contributed by atoms with Crippen LogP contribution in [0.3, 0.4) is 0 Å². The van der Waals surface area contributed by atoms with Gasteiger partial charge in [0, 0.05) is 24.5 Å². The van der Waals surface area contributed by atoms with E-state index in [-0.39, 0.29) is 0 Å². The highest BCUT2D eigenvalue weighted by Crippen LogP contribution is 2.21.